The number of carbonyl (C=O) groups excluding carboxylic acids is 2. The van der Waals surface area contributed by atoms with Gasteiger partial charge in [0.25, 0.3) is 0 Å². The van der Waals surface area contributed by atoms with Gasteiger partial charge in [0.15, 0.2) is 0 Å². The summed E-state index contributed by atoms with van der Waals surface area (Å²) < 4.78 is 0. The van der Waals surface area contributed by atoms with E-state index in [1.54, 1.807) is 0 Å². The Morgan fingerprint density at radius 3 is 1.70 bits per heavy atom. The maximum atomic E-state index is 10.3. The standard InChI is InChI=1S/C7H9ClO2/c8-7-5(3-9)1-2-6(7)4-10/h3-7H,1-2H2. The summed E-state index contributed by atoms with van der Waals surface area (Å²) in [4.78, 5) is 20.6. The van der Waals surface area contributed by atoms with Crippen molar-refractivity contribution in [3.63, 3.8) is 0 Å². The van der Waals surface area contributed by atoms with Crippen molar-refractivity contribution in [2.75, 3.05) is 0 Å². The van der Waals surface area contributed by atoms with Gasteiger partial charge in [0.1, 0.15) is 12.6 Å². The molecule has 0 bridgehead atoms. The van der Waals surface area contributed by atoms with Gasteiger partial charge < -0.3 is 9.59 Å². The van der Waals surface area contributed by atoms with Crippen LogP contribution >= 0.6 is 11.6 Å². The molecule has 1 rings (SSSR count). The van der Waals surface area contributed by atoms with Crippen LogP contribution < -0.4 is 0 Å². The first-order chi connectivity index (χ1) is 4.79. The summed E-state index contributed by atoms with van der Waals surface area (Å²) >= 11 is 5.78. The summed E-state index contributed by atoms with van der Waals surface area (Å²) in [6.07, 6.45) is 3.23. The third kappa shape index (κ3) is 1.21. The van der Waals surface area contributed by atoms with Crippen LogP contribution in [0.4, 0.5) is 0 Å². The van der Waals surface area contributed by atoms with Gasteiger partial charge in [-0.15, -0.1) is 11.6 Å². The Labute approximate surface area is 64.5 Å². The van der Waals surface area contributed by atoms with Crippen LogP contribution in [0.5, 0.6) is 0 Å². The average molecular weight is 161 g/mol. The molecule has 2 unspecified atom stereocenters. The number of halogens is 1. The number of hydrogen-bond acceptors (Lipinski definition) is 2. The smallest absolute Gasteiger partial charge is 0.124 e. The van der Waals surface area contributed by atoms with Gasteiger partial charge in [-0.1, -0.05) is 0 Å². The van der Waals surface area contributed by atoms with Crippen molar-refractivity contribution in [2.24, 2.45) is 11.8 Å². The molecule has 1 aliphatic rings. The first-order valence-electron chi connectivity index (χ1n) is 3.34. The molecular weight excluding hydrogens is 152 g/mol. The fraction of sp³-hybridized carbons (Fsp3) is 0.714. The zero-order valence-electron chi connectivity index (χ0n) is 5.50. The molecule has 1 fully saturated rings. The van der Waals surface area contributed by atoms with Gasteiger partial charge in [0, 0.05) is 11.8 Å². The van der Waals surface area contributed by atoms with Gasteiger partial charge >= 0.3 is 0 Å². The Bertz CT molecular complexity index is 131. The van der Waals surface area contributed by atoms with Crippen molar-refractivity contribution in [3.8, 4) is 0 Å². The maximum absolute atomic E-state index is 10.3. The molecule has 0 heterocycles. The van der Waals surface area contributed by atoms with Crippen LogP contribution in [-0.2, 0) is 9.59 Å². The Kier molecular flexibility index (Phi) is 2.44. The van der Waals surface area contributed by atoms with E-state index < -0.39 is 0 Å². The van der Waals surface area contributed by atoms with Crippen LogP contribution in [0.15, 0.2) is 0 Å². The fourth-order valence-corrected chi connectivity index (χ4v) is 1.68. The van der Waals surface area contributed by atoms with Gasteiger partial charge in [-0.05, 0) is 12.8 Å². The lowest BCUT2D eigenvalue weighted by Crippen LogP contribution is -2.16. The molecule has 10 heavy (non-hydrogen) atoms. The van der Waals surface area contributed by atoms with E-state index in [1.165, 1.54) is 0 Å². The summed E-state index contributed by atoms with van der Waals surface area (Å²) in [6.45, 7) is 0. The van der Waals surface area contributed by atoms with E-state index in [4.69, 9.17) is 11.6 Å². The van der Waals surface area contributed by atoms with Crippen molar-refractivity contribution in [1.29, 1.82) is 0 Å². The van der Waals surface area contributed by atoms with Gasteiger partial charge in [0.05, 0.1) is 5.38 Å². The highest BCUT2D eigenvalue weighted by Crippen LogP contribution is 2.32. The highest BCUT2D eigenvalue weighted by molar-refractivity contribution is 6.22. The second-order valence-electron chi connectivity index (χ2n) is 2.62. The molecule has 0 saturated heterocycles. The summed E-state index contributed by atoms with van der Waals surface area (Å²) in [5.41, 5.74) is 0. The molecule has 0 amide bonds. The number of alkyl halides is 1. The molecule has 1 saturated carbocycles. The Balaban J connectivity index is 2.56. The SMILES string of the molecule is O=CC1CCC(C=O)C1Cl. The Hall–Kier alpha value is -0.370. The molecule has 0 radical (unpaired) electrons. The molecule has 3 heteroatoms. The zero-order chi connectivity index (χ0) is 7.56. The van der Waals surface area contributed by atoms with Crippen molar-refractivity contribution >= 4 is 24.2 Å². The van der Waals surface area contributed by atoms with Crippen LogP contribution in [0.3, 0.4) is 0 Å². The summed E-state index contributed by atoms with van der Waals surface area (Å²) in [5, 5.41) is -0.255. The predicted molar refractivity (Wildman–Crippen MR) is 38.0 cm³/mol. The predicted octanol–water partition coefficient (Wildman–Crippen LogP) is 1.02. The van der Waals surface area contributed by atoms with E-state index in [-0.39, 0.29) is 17.2 Å². The number of hydrogen-bond donors (Lipinski definition) is 0. The van der Waals surface area contributed by atoms with Crippen molar-refractivity contribution in [1.82, 2.24) is 0 Å². The quantitative estimate of drug-likeness (QED) is 0.447. The topological polar surface area (TPSA) is 34.1 Å². The van der Waals surface area contributed by atoms with Crippen LogP contribution in [0, 0.1) is 11.8 Å². The minimum atomic E-state index is -0.255. The molecule has 1 aliphatic carbocycles. The van der Waals surface area contributed by atoms with Crippen molar-refractivity contribution in [3.05, 3.63) is 0 Å². The molecule has 2 atom stereocenters. The van der Waals surface area contributed by atoms with Gasteiger partial charge in [-0.2, -0.15) is 0 Å². The van der Waals surface area contributed by atoms with E-state index in [1.807, 2.05) is 0 Å². The molecular formula is C7H9ClO2. The zero-order valence-corrected chi connectivity index (χ0v) is 6.25. The Morgan fingerprint density at radius 2 is 1.50 bits per heavy atom. The average Bonchev–Trinajstić information content (AvgIpc) is 2.30. The van der Waals surface area contributed by atoms with Gasteiger partial charge in [-0.3, -0.25) is 0 Å². The largest absolute Gasteiger partial charge is 0.303 e. The molecule has 0 N–H and O–H groups in total. The van der Waals surface area contributed by atoms with E-state index in [0.717, 1.165) is 25.4 Å². The Morgan fingerprint density at radius 1 is 1.10 bits per heavy atom. The lowest BCUT2D eigenvalue weighted by Gasteiger charge is -2.07. The van der Waals surface area contributed by atoms with Crippen molar-refractivity contribution in [2.45, 2.75) is 18.2 Å². The first kappa shape index (κ1) is 7.73. The highest BCUT2D eigenvalue weighted by Gasteiger charge is 2.33. The van der Waals surface area contributed by atoms with Crippen LogP contribution in [0.2, 0.25) is 0 Å². The summed E-state index contributed by atoms with van der Waals surface area (Å²) in [5.74, 6) is -0.200. The lowest BCUT2D eigenvalue weighted by atomic mass is 10.1. The monoisotopic (exact) mass is 160 g/mol. The van der Waals surface area contributed by atoms with Crippen LogP contribution in [0.1, 0.15) is 12.8 Å². The van der Waals surface area contributed by atoms with Gasteiger partial charge in [-0.25, -0.2) is 0 Å². The molecule has 2 nitrogen and oxygen atoms in total. The van der Waals surface area contributed by atoms with Crippen molar-refractivity contribution < 1.29 is 9.59 Å². The molecule has 0 spiro atoms. The molecule has 56 valence electrons. The lowest BCUT2D eigenvalue weighted by molar-refractivity contribution is -0.111. The van der Waals surface area contributed by atoms with Crippen LogP contribution in [0.25, 0.3) is 0 Å². The normalized spacial score (nSPS) is 39.5. The third-order valence-corrected chi connectivity index (χ3v) is 2.65. The molecule has 0 aromatic heterocycles. The minimum absolute atomic E-state index is 0.100. The maximum Gasteiger partial charge on any atom is 0.124 e. The first-order valence-corrected chi connectivity index (χ1v) is 3.78. The summed E-state index contributed by atoms with van der Waals surface area (Å²) in [6, 6.07) is 0. The van der Waals surface area contributed by atoms with Gasteiger partial charge in [0.2, 0.25) is 0 Å². The van der Waals surface area contributed by atoms with E-state index in [9.17, 15) is 9.59 Å². The molecule has 0 aromatic rings. The second kappa shape index (κ2) is 3.15. The van der Waals surface area contributed by atoms with Crippen LogP contribution in [-0.4, -0.2) is 17.9 Å². The number of rotatable bonds is 2. The van der Waals surface area contributed by atoms with E-state index >= 15 is 0 Å². The minimum Gasteiger partial charge on any atom is -0.303 e. The summed E-state index contributed by atoms with van der Waals surface area (Å²) in [7, 11) is 0. The molecule has 0 aliphatic heterocycles. The van der Waals surface area contributed by atoms with E-state index in [0.29, 0.717) is 0 Å². The number of aldehydes is 2. The third-order valence-electron chi connectivity index (χ3n) is 2.00. The number of carbonyl (C=O) groups is 2. The van der Waals surface area contributed by atoms with E-state index in [2.05, 4.69) is 0 Å². The molecule has 0 aromatic carbocycles. The highest BCUT2D eigenvalue weighted by atomic mass is 35.5. The fourth-order valence-electron chi connectivity index (χ4n) is 1.31. The second-order valence-corrected chi connectivity index (χ2v) is 3.13.